The van der Waals surface area contributed by atoms with Crippen LogP contribution in [0, 0.1) is 23.4 Å². The fourth-order valence-electron chi connectivity index (χ4n) is 2.71. The van der Waals surface area contributed by atoms with E-state index in [1.54, 1.807) is 0 Å². The van der Waals surface area contributed by atoms with E-state index >= 15 is 0 Å². The maximum absolute atomic E-state index is 13.7. The minimum Gasteiger partial charge on any atom is -0.481 e. The van der Waals surface area contributed by atoms with E-state index in [1.165, 1.54) is 4.90 Å². The Kier molecular flexibility index (Phi) is 6.00. The van der Waals surface area contributed by atoms with Crippen LogP contribution in [0.5, 0.6) is 0 Å². The second-order valence-electron chi connectivity index (χ2n) is 5.75. The van der Waals surface area contributed by atoms with E-state index in [1.807, 2.05) is 0 Å². The second kappa shape index (κ2) is 8.00. The summed E-state index contributed by atoms with van der Waals surface area (Å²) in [6.07, 6.45) is 0.215. The molecule has 0 aliphatic carbocycles. The molecule has 1 aliphatic heterocycles. The molecule has 6 nitrogen and oxygen atoms in total. The van der Waals surface area contributed by atoms with Crippen molar-refractivity contribution in [2.75, 3.05) is 19.6 Å². The average molecular weight is 358 g/mol. The Morgan fingerprint density at radius 2 is 1.68 bits per heavy atom. The van der Waals surface area contributed by atoms with Crippen molar-refractivity contribution < 1.29 is 32.7 Å². The number of nitrogens with one attached hydrogen (secondary N) is 1. The number of hydrogen-bond acceptors (Lipinski definition) is 3. The van der Waals surface area contributed by atoms with Gasteiger partial charge in [0.2, 0.25) is 0 Å². The minimum absolute atomic E-state index is 0.0149. The van der Waals surface area contributed by atoms with Gasteiger partial charge in [0.05, 0.1) is 12.0 Å². The summed E-state index contributed by atoms with van der Waals surface area (Å²) >= 11 is 0. The van der Waals surface area contributed by atoms with E-state index < -0.39 is 46.7 Å². The predicted octanol–water partition coefficient (Wildman–Crippen LogP) is 2.18. The van der Waals surface area contributed by atoms with Crippen LogP contribution >= 0.6 is 0 Å². The Morgan fingerprint density at radius 1 is 1.12 bits per heavy atom. The lowest BCUT2D eigenvalue weighted by molar-refractivity contribution is -0.136. The number of benzene rings is 1. The lowest BCUT2D eigenvalue weighted by atomic mass is 9.88. The highest BCUT2D eigenvalue weighted by atomic mass is 19.1. The molecule has 0 spiro atoms. The van der Waals surface area contributed by atoms with Crippen molar-refractivity contribution in [3.8, 4) is 0 Å². The summed E-state index contributed by atoms with van der Waals surface area (Å²) in [6, 6.07) is 0.467. The minimum atomic E-state index is -1.24. The largest absolute Gasteiger partial charge is 0.481 e. The van der Waals surface area contributed by atoms with Crippen molar-refractivity contribution in [1.29, 1.82) is 0 Å². The molecule has 1 fully saturated rings. The first-order chi connectivity index (χ1) is 11.8. The number of carboxylic acid groups (broad SMARTS) is 1. The number of urea groups is 1. The molecule has 1 aromatic carbocycles. The van der Waals surface area contributed by atoms with Crippen LogP contribution in [0.3, 0.4) is 0 Å². The van der Waals surface area contributed by atoms with Gasteiger partial charge in [0.25, 0.3) is 0 Å². The van der Waals surface area contributed by atoms with Crippen molar-refractivity contribution in [3.63, 3.8) is 0 Å². The predicted molar refractivity (Wildman–Crippen MR) is 80.6 cm³/mol. The molecule has 0 unspecified atom stereocenters. The van der Waals surface area contributed by atoms with E-state index in [-0.39, 0.29) is 38.9 Å². The fourth-order valence-corrected chi connectivity index (χ4v) is 2.71. The Morgan fingerprint density at radius 3 is 2.20 bits per heavy atom. The van der Waals surface area contributed by atoms with Gasteiger partial charge in [-0.3, -0.25) is 9.59 Å². The van der Waals surface area contributed by atoms with Crippen LogP contribution in [-0.2, 0) is 4.79 Å². The van der Waals surface area contributed by atoms with E-state index in [4.69, 9.17) is 5.11 Å². The van der Waals surface area contributed by atoms with E-state index in [9.17, 15) is 27.6 Å². The first kappa shape index (κ1) is 18.8. The van der Waals surface area contributed by atoms with Crippen molar-refractivity contribution in [2.24, 2.45) is 5.92 Å². The molecular weight excluding hydrogens is 341 g/mol. The molecule has 0 saturated carbocycles. The number of amides is 2. The van der Waals surface area contributed by atoms with Gasteiger partial charge in [0, 0.05) is 37.7 Å². The van der Waals surface area contributed by atoms with Crippen LogP contribution in [-0.4, -0.2) is 47.4 Å². The lowest BCUT2D eigenvalue weighted by Crippen LogP contribution is -2.46. The van der Waals surface area contributed by atoms with Gasteiger partial charge >= 0.3 is 12.0 Å². The number of hydrogen-bond donors (Lipinski definition) is 2. The number of rotatable bonds is 5. The van der Waals surface area contributed by atoms with Gasteiger partial charge in [-0.2, -0.15) is 0 Å². The normalized spacial score (nSPS) is 15.1. The third kappa shape index (κ3) is 4.71. The zero-order valence-electron chi connectivity index (χ0n) is 13.2. The SMILES string of the molecule is O=C(O)CCNC(=O)N1CCC(C(=O)c2c(F)cc(F)cc2F)CC1. The molecule has 25 heavy (non-hydrogen) atoms. The summed E-state index contributed by atoms with van der Waals surface area (Å²) < 4.78 is 40.3. The molecule has 1 saturated heterocycles. The van der Waals surface area contributed by atoms with Gasteiger partial charge in [-0.25, -0.2) is 18.0 Å². The number of ketones is 1. The molecule has 2 rings (SSSR count). The fraction of sp³-hybridized carbons (Fsp3) is 0.438. The summed E-state index contributed by atoms with van der Waals surface area (Å²) in [7, 11) is 0. The highest BCUT2D eigenvalue weighted by Gasteiger charge is 2.31. The molecule has 0 aromatic heterocycles. The molecule has 0 radical (unpaired) electrons. The number of carbonyl (C=O) groups is 3. The van der Waals surface area contributed by atoms with Gasteiger partial charge in [0.15, 0.2) is 5.78 Å². The second-order valence-corrected chi connectivity index (χ2v) is 5.75. The van der Waals surface area contributed by atoms with Crippen molar-refractivity contribution in [2.45, 2.75) is 19.3 Å². The Bertz CT molecular complexity index is 665. The number of carboxylic acids is 1. The summed E-state index contributed by atoms with van der Waals surface area (Å²) in [4.78, 5) is 35.9. The third-order valence-corrected chi connectivity index (χ3v) is 4.02. The quantitative estimate of drug-likeness (QED) is 0.790. The van der Waals surface area contributed by atoms with Crippen molar-refractivity contribution >= 4 is 17.8 Å². The summed E-state index contributed by atoms with van der Waals surface area (Å²) in [5.41, 5.74) is -0.759. The number of carbonyl (C=O) groups excluding carboxylic acids is 2. The lowest BCUT2D eigenvalue weighted by Gasteiger charge is -2.31. The average Bonchev–Trinajstić information content (AvgIpc) is 2.53. The van der Waals surface area contributed by atoms with Crippen LogP contribution in [0.25, 0.3) is 0 Å². The smallest absolute Gasteiger partial charge is 0.317 e. The van der Waals surface area contributed by atoms with Gasteiger partial charge < -0.3 is 15.3 Å². The Labute approximate surface area is 141 Å². The number of likely N-dealkylation sites (tertiary alicyclic amines) is 1. The van der Waals surface area contributed by atoms with Crippen LogP contribution in [0.2, 0.25) is 0 Å². The third-order valence-electron chi connectivity index (χ3n) is 4.02. The number of nitrogens with zero attached hydrogens (tertiary/aromatic N) is 1. The summed E-state index contributed by atoms with van der Waals surface area (Å²) in [5.74, 6) is -6.03. The Hall–Kier alpha value is -2.58. The molecule has 136 valence electrons. The molecule has 0 atom stereocenters. The van der Waals surface area contributed by atoms with Gasteiger partial charge in [-0.1, -0.05) is 0 Å². The van der Waals surface area contributed by atoms with E-state index in [2.05, 4.69) is 5.32 Å². The maximum atomic E-state index is 13.7. The van der Waals surface area contributed by atoms with Gasteiger partial charge in [0.1, 0.15) is 17.5 Å². The van der Waals surface area contributed by atoms with Crippen molar-refractivity contribution in [1.82, 2.24) is 10.2 Å². The molecule has 1 aliphatic rings. The van der Waals surface area contributed by atoms with E-state index in [0.717, 1.165) is 0 Å². The maximum Gasteiger partial charge on any atom is 0.317 e. The zero-order valence-corrected chi connectivity index (χ0v) is 13.2. The molecule has 0 bridgehead atoms. The number of halogens is 3. The number of aliphatic carboxylic acids is 1. The molecular formula is C16H17F3N2O4. The molecule has 2 amide bonds. The molecule has 1 aromatic rings. The van der Waals surface area contributed by atoms with Gasteiger partial charge in [-0.15, -0.1) is 0 Å². The van der Waals surface area contributed by atoms with Crippen molar-refractivity contribution in [3.05, 3.63) is 35.1 Å². The standard InChI is InChI=1S/C16H17F3N2O4/c17-10-7-11(18)14(12(19)8-10)15(24)9-2-5-21(6-3-9)16(25)20-4-1-13(22)23/h7-9H,1-6H2,(H,20,25)(H,22,23). The highest BCUT2D eigenvalue weighted by Crippen LogP contribution is 2.25. The number of piperidine rings is 1. The topological polar surface area (TPSA) is 86.7 Å². The Balaban J connectivity index is 1.93. The first-order valence-corrected chi connectivity index (χ1v) is 7.73. The van der Waals surface area contributed by atoms with E-state index in [0.29, 0.717) is 12.1 Å². The van der Waals surface area contributed by atoms with Crippen LogP contribution < -0.4 is 5.32 Å². The monoisotopic (exact) mass is 358 g/mol. The summed E-state index contributed by atoms with van der Waals surface area (Å²) in [6.45, 7) is 0.374. The highest BCUT2D eigenvalue weighted by molar-refractivity contribution is 5.98. The van der Waals surface area contributed by atoms with Crippen LogP contribution in [0.15, 0.2) is 12.1 Å². The molecule has 1 heterocycles. The summed E-state index contributed by atoms with van der Waals surface area (Å²) in [5, 5.41) is 11.0. The molecule has 9 heteroatoms. The first-order valence-electron chi connectivity index (χ1n) is 7.73. The molecule has 2 N–H and O–H groups in total. The van der Waals surface area contributed by atoms with Crippen LogP contribution in [0.4, 0.5) is 18.0 Å². The van der Waals surface area contributed by atoms with Crippen LogP contribution in [0.1, 0.15) is 29.6 Å². The number of Topliss-reactive ketones (excluding diaryl/α,β-unsaturated/α-hetero) is 1. The van der Waals surface area contributed by atoms with Gasteiger partial charge in [-0.05, 0) is 12.8 Å². The zero-order chi connectivity index (χ0) is 18.6.